The summed E-state index contributed by atoms with van der Waals surface area (Å²) in [4.78, 5) is 0. The summed E-state index contributed by atoms with van der Waals surface area (Å²) in [5.41, 5.74) is 1.42. The van der Waals surface area contributed by atoms with E-state index in [1.54, 1.807) is 0 Å². The van der Waals surface area contributed by atoms with E-state index in [1.165, 1.54) is 31.2 Å². The third-order valence-corrected chi connectivity index (χ3v) is 4.50. The van der Waals surface area contributed by atoms with Crippen LogP contribution < -0.4 is 5.32 Å². The van der Waals surface area contributed by atoms with E-state index >= 15 is 0 Å². The van der Waals surface area contributed by atoms with Crippen LogP contribution in [0, 0.1) is 11.8 Å². The predicted molar refractivity (Wildman–Crippen MR) is 67.2 cm³/mol. The van der Waals surface area contributed by atoms with Gasteiger partial charge in [0.25, 0.3) is 0 Å². The van der Waals surface area contributed by atoms with Gasteiger partial charge in [-0.25, -0.2) is 0 Å². The van der Waals surface area contributed by atoms with Crippen LogP contribution in [0.5, 0.6) is 0 Å². The van der Waals surface area contributed by atoms with Crippen LogP contribution in [-0.4, -0.2) is 6.04 Å². The van der Waals surface area contributed by atoms with Gasteiger partial charge in [0.2, 0.25) is 0 Å². The van der Waals surface area contributed by atoms with E-state index in [-0.39, 0.29) is 0 Å². The average Bonchev–Trinajstić information content (AvgIpc) is 2.92. The lowest BCUT2D eigenvalue weighted by Crippen LogP contribution is -2.35. The van der Waals surface area contributed by atoms with E-state index in [1.807, 2.05) is 0 Å². The maximum absolute atomic E-state index is 3.83. The van der Waals surface area contributed by atoms with Crippen LogP contribution in [-0.2, 0) is 0 Å². The van der Waals surface area contributed by atoms with Crippen LogP contribution in [0.15, 0.2) is 30.3 Å². The first-order chi connectivity index (χ1) is 7.83. The van der Waals surface area contributed by atoms with E-state index in [9.17, 15) is 0 Å². The van der Waals surface area contributed by atoms with Gasteiger partial charge in [-0.1, -0.05) is 36.8 Å². The standard InChI is InChI=1S/C15H21N/c1-11(13-5-3-2-4-6-13)16-15-10-12-7-8-14(15)9-12/h2-6,11-12,14-16H,7-10H2,1H3. The zero-order valence-electron chi connectivity index (χ0n) is 10.0. The number of benzene rings is 1. The highest BCUT2D eigenvalue weighted by Crippen LogP contribution is 2.45. The number of rotatable bonds is 3. The van der Waals surface area contributed by atoms with Crippen molar-refractivity contribution >= 4 is 0 Å². The first-order valence-corrected chi connectivity index (χ1v) is 6.64. The lowest BCUT2D eigenvalue weighted by molar-refractivity contribution is 0.327. The molecule has 2 aliphatic rings. The van der Waals surface area contributed by atoms with E-state index < -0.39 is 0 Å². The van der Waals surface area contributed by atoms with Gasteiger partial charge in [0, 0.05) is 12.1 Å². The van der Waals surface area contributed by atoms with Crippen molar-refractivity contribution in [2.24, 2.45) is 11.8 Å². The average molecular weight is 215 g/mol. The minimum Gasteiger partial charge on any atom is -0.307 e. The quantitative estimate of drug-likeness (QED) is 0.813. The van der Waals surface area contributed by atoms with Crippen molar-refractivity contribution in [3.05, 3.63) is 35.9 Å². The molecule has 0 aromatic heterocycles. The fraction of sp³-hybridized carbons (Fsp3) is 0.600. The molecule has 86 valence electrons. The minimum atomic E-state index is 0.505. The summed E-state index contributed by atoms with van der Waals surface area (Å²) in [6.45, 7) is 2.29. The maximum atomic E-state index is 3.83. The summed E-state index contributed by atoms with van der Waals surface area (Å²) in [6.07, 6.45) is 5.85. The van der Waals surface area contributed by atoms with Crippen molar-refractivity contribution in [3.63, 3.8) is 0 Å². The molecule has 2 saturated carbocycles. The second-order valence-electron chi connectivity index (χ2n) is 5.58. The summed E-state index contributed by atoms with van der Waals surface area (Å²) in [5.74, 6) is 2.00. The van der Waals surface area contributed by atoms with Crippen molar-refractivity contribution in [2.45, 2.75) is 44.7 Å². The minimum absolute atomic E-state index is 0.505. The maximum Gasteiger partial charge on any atom is 0.0294 e. The fourth-order valence-corrected chi connectivity index (χ4v) is 3.61. The van der Waals surface area contributed by atoms with Crippen LogP contribution in [0.2, 0.25) is 0 Å². The molecule has 0 amide bonds. The SMILES string of the molecule is CC(NC1CC2CCC1C2)c1ccccc1. The zero-order chi connectivity index (χ0) is 11.0. The highest BCUT2D eigenvalue weighted by molar-refractivity contribution is 5.18. The molecule has 4 unspecified atom stereocenters. The predicted octanol–water partition coefficient (Wildman–Crippen LogP) is 3.53. The molecule has 0 saturated heterocycles. The fourth-order valence-electron chi connectivity index (χ4n) is 3.61. The summed E-state index contributed by atoms with van der Waals surface area (Å²) in [7, 11) is 0. The third-order valence-electron chi connectivity index (χ3n) is 4.50. The Balaban J connectivity index is 1.63. The Morgan fingerprint density at radius 1 is 1.12 bits per heavy atom. The second-order valence-corrected chi connectivity index (χ2v) is 5.58. The van der Waals surface area contributed by atoms with Gasteiger partial charge in [-0.3, -0.25) is 0 Å². The second kappa shape index (κ2) is 4.21. The Morgan fingerprint density at radius 2 is 1.94 bits per heavy atom. The van der Waals surface area contributed by atoms with Crippen molar-refractivity contribution in [2.75, 3.05) is 0 Å². The summed E-state index contributed by atoms with van der Waals surface area (Å²) < 4.78 is 0. The number of hydrogen-bond donors (Lipinski definition) is 1. The first kappa shape index (κ1) is 10.3. The molecule has 1 aromatic rings. The third kappa shape index (κ3) is 1.89. The van der Waals surface area contributed by atoms with Crippen LogP contribution in [0.25, 0.3) is 0 Å². The summed E-state index contributed by atoms with van der Waals surface area (Å²) >= 11 is 0. The lowest BCUT2D eigenvalue weighted by atomic mass is 9.94. The van der Waals surface area contributed by atoms with Gasteiger partial charge in [0.15, 0.2) is 0 Å². The molecule has 1 aromatic carbocycles. The molecule has 0 aliphatic heterocycles. The monoisotopic (exact) mass is 215 g/mol. The smallest absolute Gasteiger partial charge is 0.0294 e. The number of nitrogens with one attached hydrogen (secondary N) is 1. The van der Waals surface area contributed by atoms with Gasteiger partial charge in [0.05, 0.1) is 0 Å². The van der Waals surface area contributed by atoms with Crippen LogP contribution in [0.3, 0.4) is 0 Å². The van der Waals surface area contributed by atoms with Gasteiger partial charge >= 0.3 is 0 Å². The zero-order valence-corrected chi connectivity index (χ0v) is 10.0. The first-order valence-electron chi connectivity index (χ1n) is 6.64. The largest absolute Gasteiger partial charge is 0.307 e. The van der Waals surface area contributed by atoms with E-state index in [0.717, 1.165) is 17.9 Å². The Hall–Kier alpha value is -0.820. The van der Waals surface area contributed by atoms with Gasteiger partial charge in [0.1, 0.15) is 0 Å². The molecule has 1 N–H and O–H groups in total. The molecular formula is C15H21N. The molecule has 1 heteroatoms. The molecule has 2 aliphatic carbocycles. The normalized spacial score (nSPS) is 34.2. The Labute approximate surface area is 98.3 Å². The van der Waals surface area contributed by atoms with E-state index in [0.29, 0.717) is 6.04 Å². The molecule has 0 spiro atoms. The number of fused-ring (bicyclic) bond motifs is 2. The molecule has 4 atom stereocenters. The summed E-state index contributed by atoms with van der Waals surface area (Å²) in [5, 5.41) is 3.83. The highest BCUT2D eigenvalue weighted by Gasteiger charge is 2.39. The van der Waals surface area contributed by atoms with Gasteiger partial charge in [-0.15, -0.1) is 0 Å². The molecule has 2 fully saturated rings. The van der Waals surface area contributed by atoms with Crippen LogP contribution in [0.1, 0.15) is 44.2 Å². The van der Waals surface area contributed by atoms with Crippen LogP contribution >= 0.6 is 0 Å². The highest BCUT2D eigenvalue weighted by atomic mass is 15.0. The van der Waals surface area contributed by atoms with Crippen molar-refractivity contribution in [1.29, 1.82) is 0 Å². The lowest BCUT2D eigenvalue weighted by Gasteiger charge is -2.27. The van der Waals surface area contributed by atoms with Crippen molar-refractivity contribution in [1.82, 2.24) is 5.32 Å². The molecule has 2 bridgehead atoms. The van der Waals surface area contributed by atoms with E-state index in [4.69, 9.17) is 0 Å². The van der Waals surface area contributed by atoms with Gasteiger partial charge in [-0.2, -0.15) is 0 Å². The Bertz CT molecular complexity index is 346. The van der Waals surface area contributed by atoms with Gasteiger partial charge in [-0.05, 0) is 43.6 Å². The van der Waals surface area contributed by atoms with Crippen molar-refractivity contribution in [3.8, 4) is 0 Å². The molecule has 0 radical (unpaired) electrons. The Morgan fingerprint density at radius 3 is 2.56 bits per heavy atom. The van der Waals surface area contributed by atoms with E-state index in [2.05, 4.69) is 42.6 Å². The molecular weight excluding hydrogens is 194 g/mol. The molecule has 16 heavy (non-hydrogen) atoms. The van der Waals surface area contributed by atoms with Gasteiger partial charge < -0.3 is 5.32 Å². The molecule has 0 heterocycles. The van der Waals surface area contributed by atoms with Crippen molar-refractivity contribution < 1.29 is 0 Å². The van der Waals surface area contributed by atoms with Crippen LogP contribution in [0.4, 0.5) is 0 Å². The summed E-state index contributed by atoms with van der Waals surface area (Å²) in [6, 6.07) is 12.1. The Kier molecular flexibility index (Phi) is 2.72. The topological polar surface area (TPSA) is 12.0 Å². The number of hydrogen-bond acceptors (Lipinski definition) is 1. The molecule has 3 rings (SSSR count). The molecule has 1 nitrogen and oxygen atoms in total.